The molecule has 8 nitrogen and oxygen atoms in total. The fourth-order valence-electron chi connectivity index (χ4n) is 2.59. The van der Waals surface area contributed by atoms with Gasteiger partial charge in [-0.15, -0.1) is 0 Å². The van der Waals surface area contributed by atoms with Crippen molar-refractivity contribution in [3.63, 3.8) is 0 Å². The molecule has 0 unspecified atom stereocenters. The Morgan fingerprint density at radius 3 is 2.77 bits per heavy atom. The third-order valence-corrected chi connectivity index (χ3v) is 4.27. The summed E-state index contributed by atoms with van der Waals surface area (Å²) in [5.41, 5.74) is 5.33. The van der Waals surface area contributed by atoms with Crippen molar-refractivity contribution in [2.24, 2.45) is 0 Å². The van der Waals surface area contributed by atoms with Crippen molar-refractivity contribution >= 4 is 28.8 Å². The highest BCUT2D eigenvalue weighted by Crippen LogP contribution is 2.18. The fourth-order valence-corrected chi connectivity index (χ4v) is 2.84. The van der Waals surface area contributed by atoms with Crippen molar-refractivity contribution in [1.29, 1.82) is 0 Å². The number of nitrogens with one attached hydrogen (secondary N) is 2. The molecule has 0 aromatic carbocycles. The van der Waals surface area contributed by atoms with Crippen LogP contribution in [0.4, 0.5) is 11.5 Å². The van der Waals surface area contributed by atoms with Crippen LogP contribution in [-0.2, 0) is 13.1 Å². The second-order valence-electron chi connectivity index (χ2n) is 5.89. The fraction of sp³-hybridized carbons (Fsp3) is 0.471. The van der Waals surface area contributed by atoms with Crippen LogP contribution in [0.25, 0.3) is 0 Å². The lowest BCUT2D eigenvalue weighted by molar-refractivity contribution is 0.503. The molecule has 0 saturated heterocycles. The first kappa shape index (κ1) is 19.8. The third-order valence-electron chi connectivity index (χ3n) is 3.91. The number of nitrogen functional groups attached to an aromatic ring is 1. The van der Waals surface area contributed by atoms with Crippen molar-refractivity contribution in [2.75, 3.05) is 17.2 Å². The molecular formula is C17H25N5O3S. The van der Waals surface area contributed by atoms with Gasteiger partial charge in [0, 0.05) is 13.1 Å². The predicted octanol–water partition coefficient (Wildman–Crippen LogP) is 1.80. The Labute approximate surface area is 157 Å². The normalized spacial score (nSPS) is 10.7. The molecule has 0 radical (unpaired) electrons. The second-order valence-corrected chi connectivity index (χ2v) is 6.27. The van der Waals surface area contributed by atoms with E-state index in [2.05, 4.69) is 10.3 Å². The highest BCUT2D eigenvalue weighted by atomic mass is 32.1. The van der Waals surface area contributed by atoms with Crippen molar-refractivity contribution < 1.29 is 4.42 Å². The summed E-state index contributed by atoms with van der Waals surface area (Å²) < 4.78 is 6.66. The second kappa shape index (κ2) is 9.23. The van der Waals surface area contributed by atoms with E-state index in [0.717, 1.165) is 25.0 Å². The van der Waals surface area contributed by atoms with E-state index in [1.54, 1.807) is 17.2 Å². The van der Waals surface area contributed by atoms with E-state index in [-0.39, 0.29) is 11.5 Å². The summed E-state index contributed by atoms with van der Waals surface area (Å²) in [5.74, 6) is 0.849. The molecule has 0 atom stereocenters. The van der Waals surface area contributed by atoms with Gasteiger partial charge in [-0.1, -0.05) is 20.3 Å². The maximum Gasteiger partial charge on any atom is 0.330 e. The molecule has 2 aromatic heterocycles. The SMILES string of the molecule is CCCCn1c(N)c(N(CCC)C(=S)NCc2ccco2)c(=O)[nH]c1=O. The third kappa shape index (κ3) is 4.54. The lowest BCUT2D eigenvalue weighted by Gasteiger charge is -2.26. The predicted molar refractivity (Wildman–Crippen MR) is 106 cm³/mol. The van der Waals surface area contributed by atoms with Crippen LogP contribution in [0.15, 0.2) is 32.4 Å². The largest absolute Gasteiger partial charge is 0.467 e. The van der Waals surface area contributed by atoms with Crippen molar-refractivity contribution in [3.05, 3.63) is 45.0 Å². The Hall–Kier alpha value is -2.55. The van der Waals surface area contributed by atoms with Crippen LogP contribution in [0.2, 0.25) is 0 Å². The topological polar surface area (TPSA) is 109 Å². The van der Waals surface area contributed by atoms with Gasteiger partial charge in [0.2, 0.25) is 0 Å². The molecule has 0 aliphatic rings. The molecule has 0 aliphatic heterocycles. The summed E-state index contributed by atoms with van der Waals surface area (Å²) in [7, 11) is 0. The van der Waals surface area contributed by atoms with Crippen LogP contribution >= 0.6 is 12.2 Å². The zero-order chi connectivity index (χ0) is 19.1. The number of furan rings is 1. The van der Waals surface area contributed by atoms with Crippen molar-refractivity contribution in [3.8, 4) is 0 Å². The Morgan fingerprint density at radius 2 is 2.15 bits per heavy atom. The van der Waals surface area contributed by atoms with E-state index in [4.69, 9.17) is 22.4 Å². The first-order valence-corrected chi connectivity index (χ1v) is 9.10. The number of rotatable bonds is 8. The average Bonchev–Trinajstić information content (AvgIpc) is 3.12. The Balaban J connectivity index is 2.34. The zero-order valence-corrected chi connectivity index (χ0v) is 15.9. The van der Waals surface area contributed by atoms with E-state index in [0.29, 0.717) is 24.7 Å². The van der Waals surface area contributed by atoms with Crippen LogP contribution in [0.5, 0.6) is 0 Å². The lowest BCUT2D eigenvalue weighted by atomic mass is 10.3. The smallest absolute Gasteiger partial charge is 0.330 e. The molecule has 0 saturated carbocycles. The van der Waals surface area contributed by atoms with Gasteiger partial charge in [-0.05, 0) is 37.2 Å². The van der Waals surface area contributed by atoms with Gasteiger partial charge in [0.05, 0.1) is 12.8 Å². The number of hydrogen-bond acceptors (Lipinski definition) is 5. The van der Waals surface area contributed by atoms with Gasteiger partial charge in [0.15, 0.2) is 10.8 Å². The number of H-pyrrole nitrogens is 1. The van der Waals surface area contributed by atoms with Gasteiger partial charge in [-0.25, -0.2) is 4.79 Å². The summed E-state index contributed by atoms with van der Waals surface area (Å²) in [5, 5.41) is 3.42. The van der Waals surface area contributed by atoms with Gasteiger partial charge in [-0.2, -0.15) is 0 Å². The Morgan fingerprint density at radius 1 is 1.38 bits per heavy atom. The number of nitrogens with two attached hydrogens (primary N) is 1. The molecular weight excluding hydrogens is 354 g/mol. The van der Waals surface area contributed by atoms with Crippen LogP contribution in [0, 0.1) is 0 Å². The number of thiocarbonyl (C=S) groups is 1. The van der Waals surface area contributed by atoms with Gasteiger partial charge >= 0.3 is 5.69 Å². The molecule has 2 rings (SSSR count). The first-order valence-electron chi connectivity index (χ1n) is 8.69. The maximum absolute atomic E-state index is 12.4. The molecule has 0 amide bonds. The quantitative estimate of drug-likeness (QED) is 0.600. The minimum absolute atomic E-state index is 0.128. The molecule has 26 heavy (non-hydrogen) atoms. The first-order chi connectivity index (χ1) is 12.5. The Kier molecular flexibility index (Phi) is 7.02. The summed E-state index contributed by atoms with van der Waals surface area (Å²) in [6, 6.07) is 3.61. The number of unbranched alkanes of at least 4 members (excludes halogenated alkanes) is 1. The van der Waals surface area contributed by atoms with Gasteiger partial charge < -0.3 is 20.4 Å². The standard InChI is InChI=1S/C17H25N5O3S/c1-3-5-9-22-14(18)13(15(23)20-16(22)24)21(8-4-2)17(26)19-11-12-7-6-10-25-12/h6-7,10H,3-5,8-9,11,18H2,1-2H3,(H,19,26)(H,20,23,24). The molecule has 142 valence electrons. The van der Waals surface area contributed by atoms with E-state index >= 15 is 0 Å². The number of aromatic nitrogens is 2. The van der Waals surface area contributed by atoms with E-state index in [1.807, 2.05) is 19.9 Å². The van der Waals surface area contributed by atoms with Gasteiger partial charge in [-0.3, -0.25) is 14.3 Å². The summed E-state index contributed by atoms with van der Waals surface area (Å²) in [4.78, 5) is 28.5. The van der Waals surface area contributed by atoms with E-state index in [9.17, 15) is 9.59 Å². The number of hydrogen-bond donors (Lipinski definition) is 3. The number of anilines is 2. The summed E-state index contributed by atoms with van der Waals surface area (Å²) >= 11 is 5.46. The van der Waals surface area contributed by atoms with Gasteiger partial charge in [0.1, 0.15) is 11.6 Å². The van der Waals surface area contributed by atoms with Crippen LogP contribution in [-0.4, -0.2) is 21.2 Å². The van der Waals surface area contributed by atoms with E-state index in [1.165, 1.54) is 4.57 Å². The molecule has 0 fully saturated rings. The molecule has 2 heterocycles. The van der Waals surface area contributed by atoms with E-state index < -0.39 is 11.2 Å². The van der Waals surface area contributed by atoms with Crippen LogP contribution in [0.1, 0.15) is 38.9 Å². The van der Waals surface area contributed by atoms with Crippen LogP contribution < -0.4 is 27.2 Å². The van der Waals surface area contributed by atoms with Crippen molar-refractivity contribution in [1.82, 2.24) is 14.9 Å². The molecule has 0 aliphatic carbocycles. The van der Waals surface area contributed by atoms with Crippen molar-refractivity contribution in [2.45, 2.75) is 46.2 Å². The minimum atomic E-state index is -0.546. The molecule has 2 aromatic rings. The number of nitrogens with zero attached hydrogens (tertiary/aromatic N) is 2. The highest BCUT2D eigenvalue weighted by molar-refractivity contribution is 7.80. The summed E-state index contributed by atoms with van der Waals surface area (Å²) in [6.45, 7) is 5.31. The van der Waals surface area contributed by atoms with Crippen LogP contribution in [0.3, 0.4) is 0 Å². The minimum Gasteiger partial charge on any atom is -0.467 e. The summed E-state index contributed by atoms with van der Waals surface area (Å²) in [6.07, 6.45) is 4.01. The highest BCUT2D eigenvalue weighted by Gasteiger charge is 2.21. The number of aromatic amines is 1. The molecule has 9 heteroatoms. The maximum atomic E-state index is 12.4. The zero-order valence-electron chi connectivity index (χ0n) is 15.1. The lowest BCUT2D eigenvalue weighted by Crippen LogP contribution is -2.45. The molecule has 0 bridgehead atoms. The van der Waals surface area contributed by atoms with Gasteiger partial charge in [0.25, 0.3) is 5.56 Å². The monoisotopic (exact) mass is 379 g/mol. The Bertz CT molecular complexity index is 841. The average molecular weight is 379 g/mol. The molecule has 4 N–H and O–H groups in total. The molecule has 0 spiro atoms.